The molecule has 0 N–H and O–H groups in total. The van der Waals surface area contributed by atoms with E-state index in [4.69, 9.17) is 6.57 Å². The Labute approximate surface area is 292 Å². The molecule has 5 aromatic rings. The minimum Gasteiger partial charge on any atom is -0.311 e. The van der Waals surface area contributed by atoms with E-state index in [0.29, 0.717) is 10.7 Å². The fourth-order valence-corrected chi connectivity index (χ4v) is 10.3. The average molecular weight is 656 g/mol. The molecule has 0 saturated heterocycles. The Hall–Kier alpha value is -5.34. The van der Waals surface area contributed by atoms with Gasteiger partial charge in [0, 0.05) is 23.9 Å². The van der Waals surface area contributed by atoms with Crippen LogP contribution in [-0.2, 0) is 10.8 Å². The fraction of sp³-hybridized carbons (Fsp3) is 0.178. The van der Waals surface area contributed by atoms with Crippen molar-refractivity contribution >= 4 is 45.4 Å². The number of rotatable bonds is 6. The van der Waals surface area contributed by atoms with Gasteiger partial charge in [-0.05, 0) is 92.3 Å². The molecule has 0 radical (unpaired) electrons. The van der Waals surface area contributed by atoms with E-state index in [1.165, 1.54) is 11.1 Å². The van der Waals surface area contributed by atoms with Crippen LogP contribution < -0.4 is 15.5 Å². The van der Waals surface area contributed by atoms with Gasteiger partial charge < -0.3 is 4.90 Å². The van der Waals surface area contributed by atoms with Gasteiger partial charge in [0.2, 0.25) is 0 Å². The number of nitrogens with zero attached hydrogens (tertiary/aromatic N) is 3. The quantitative estimate of drug-likeness (QED) is 0.135. The van der Waals surface area contributed by atoms with E-state index in [0.717, 1.165) is 38.8 Å². The lowest BCUT2D eigenvalue weighted by molar-refractivity contribution is 0.590. The van der Waals surface area contributed by atoms with E-state index in [-0.39, 0.29) is 10.8 Å². The number of nitriles is 1. The summed E-state index contributed by atoms with van der Waals surface area (Å²) in [6.45, 7) is 19.2. The lowest BCUT2D eigenvalue weighted by Gasteiger charge is -2.31. The molecule has 0 spiro atoms. The number of hydrogen-bond acceptors (Lipinski definition) is 2. The first kappa shape index (κ1) is 33.6. The minimum atomic E-state index is -2.63. The summed E-state index contributed by atoms with van der Waals surface area (Å²) in [5.41, 5.74) is 8.33. The molecular weight excluding hydrogens is 613 g/mol. The topological polar surface area (TPSA) is 31.4 Å². The third-order valence-corrected chi connectivity index (χ3v) is 13.3. The van der Waals surface area contributed by atoms with Crippen LogP contribution in [0.25, 0.3) is 10.4 Å². The molecular formula is C45H42N3P. The average Bonchev–Trinajstić information content (AvgIpc) is 3.12. The highest BCUT2D eigenvalue weighted by Gasteiger charge is 2.35. The number of benzene rings is 5. The van der Waals surface area contributed by atoms with Crippen molar-refractivity contribution in [3.63, 3.8) is 0 Å². The molecule has 49 heavy (non-hydrogen) atoms. The molecule has 5 aromatic carbocycles. The third kappa shape index (κ3) is 6.44. The normalized spacial score (nSPS) is 14.2. The molecule has 0 amide bonds. The Balaban J connectivity index is 1.47. The number of allylic oxidation sites excluding steroid dienone is 3. The maximum absolute atomic E-state index is 10.7. The zero-order valence-corrected chi connectivity index (χ0v) is 30.0. The minimum absolute atomic E-state index is 0.0605. The van der Waals surface area contributed by atoms with Crippen molar-refractivity contribution in [1.82, 2.24) is 0 Å². The summed E-state index contributed by atoms with van der Waals surface area (Å²) in [4.78, 5) is 6.43. The molecule has 1 heterocycles. The fourth-order valence-electron chi connectivity index (χ4n) is 6.49. The zero-order chi connectivity index (χ0) is 34.8. The summed E-state index contributed by atoms with van der Waals surface area (Å²) >= 11 is 0. The molecule has 1 aliphatic heterocycles. The van der Waals surface area contributed by atoms with Crippen LogP contribution in [0.15, 0.2) is 151 Å². The van der Waals surface area contributed by atoms with Gasteiger partial charge in [-0.25, -0.2) is 4.85 Å². The number of hydrogen-bond donors (Lipinski definition) is 0. The smallest absolute Gasteiger partial charge is 0.196 e. The van der Waals surface area contributed by atoms with E-state index in [9.17, 15) is 5.26 Å². The van der Waals surface area contributed by atoms with Crippen molar-refractivity contribution in [2.45, 2.75) is 52.4 Å². The standard InChI is InChI=1S/C45H42N3P/c1-44(2,3)35-20-26-38(27-21-35)48(39-28-22-36(23-29-39)45(4,5)6)37-24-18-33(19-25-37)34-30-42(32-46)49(43(31-34)47-7,40-14-10-8-11-15-40)41-16-12-9-13-17-41/h8-31H,1-6H3. The van der Waals surface area contributed by atoms with Crippen molar-refractivity contribution in [3.05, 3.63) is 179 Å². The first-order valence-electron chi connectivity index (χ1n) is 16.7. The predicted octanol–water partition coefficient (Wildman–Crippen LogP) is 11.3. The summed E-state index contributed by atoms with van der Waals surface area (Å²) in [5.74, 6) is 0. The second-order valence-electron chi connectivity index (χ2n) is 14.5. The van der Waals surface area contributed by atoms with E-state index in [1.54, 1.807) is 0 Å². The van der Waals surface area contributed by atoms with Crippen LogP contribution in [0, 0.1) is 17.9 Å². The van der Waals surface area contributed by atoms with Gasteiger partial charge in [-0.2, -0.15) is 5.26 Å². The first-order valence-corrected chi connectivity index (χ1v) is 18.5. The summed E-state index contributed by atoms with van der Waals surface area (Å²) in [6.07, 6.45) is 4.01. The predicted molar refractivity (Wildman–Crippen MR) is 211 cm³/mol. The van der Waals surface area contributed by atoms with Gasteiger partial charge in [-0.3, -0.25) is 0 Å². The Bertz CT molecular complexity index is 2060. The van der Waals surface area contributed by atoms with Gasteiger partial charge in [0.05, 0.1) is 17.9 Å². The second-order valence-corrected chi connectivity index (χ2v) is 17.8. The van der Waals surface area contributed by atoms with E-state index >= 15 is 0 Å². The van der Waals surface area contributed by atoms with Gasteiger partial charge in [-0.15, -0.1) is 0 Å². The Kier molecular flexibility index (Phi) is 9.10. The molecule has 0 saturated carbocycles. The zero-order valence-electron chi connectivity index (χ0n) is 29.1. The molecule has 0 aromatic heterocycles. The Morgan fingerprint density at radius 3 is 1.35 bits per heavy atom. The SMILES string of the molecule is [C-]#[N+]C1=CC(c2ccc(N(c3ccc(C(C)(C)C)cc3)c3ccc(C(C)(C)C)cc3)cc2)=CC(C#N)=P1(c1ccccc1)c1ccccc1. The van der Waals surface area contributed by atoms with E-state index < -0.39 is 6.89 Å². The monoisotopic (exact) mass is 655 g/mol. The van der Waals surface area contributed by atoms with Gasteiger partial charge >= 0.3 is 0 Å². The molecule has 0 unspecified atom stereocenters. The van der Waals surface area contributed by atoms with Crippen molar-refractivity contribution in [1.29, 1.82) is 5.26 Å². The van der Waals surface area contributed by atoms with Crippen LogP contribution in [0.2, 0.25) is 0 Å². The maximum Gasteiger partial charge on any atom is 0.196 e. The molecule has 3 nitrogen and oxygen atoms in total. The lowest BCUT2D eigenvalue weighted by atomic mass is 9.86. The van der Waals surface area contributed by atoms with Crippen molar-refractivity contribution in [2.75, 3.05) is 4.90 Å². The Morgan fingerprint density at radius 1 is 0.571 bits per heavy atom. The molecule has 0 atom stereocenters. The summed E-state index contributed by atoms with van der Waals surface area (Å²) in [7, 11) is 0. The van der Waals surface area contributed by atoms with Crippen LogP contribution in [0.4, 0.5) is 17.1 Å². The van der Waals surface area contributed by atoms with Crippen molar-refractivity contribution < 1.29 is 0 Å². The highest BCUT2D eigenvalue weighted by atomic mass is 31.2. The van der Waals surface area contributed by atoms with E-state index in [2.05, 4.69) is 154 Å². The van der Waals surface area contributed by atoms with Crippen LogP contribution in [0.5, 0.6) is 0 Å². The molecule has 4 heteroatoms. The molecule has 1 aliphatic rings. The Morgan fingerprint density at radius 2 is 0.980 bits per heavy atom. The van der Waals surface area contributed by atoms with Crippen molar-refractivity contribution in [2.24, 2.45) is 0 Å². The maximum atomic E-state index is 10.7. The van der Waals surface area contributed by atoms with Crippen LogP contribution in [0.3, 0.4) is 0 Å². The van der Waals surface area contributed by atoms with Gasteiger partial charge in [0.15, 0.2) is 5.44 Å². The summed E-state index contributed by atoms with van der Waals surface area (Å²) in [5, 5.41) is 13.4. The highest BCUT2D eigenvalue weighted by Crippen LogP contribution is 2.58. The second kappa shape index (κ2) is 13.3. The molecule has 242 valence electrons. The molecule has 0 fully saturated rings. The van der Waals surface area contributed by atoms with E-state index in [1.807, 2.05) is 48.6 Å². The van der Waals surface area contributed by atoms with Gasteiger partial charge in [0.25, 0.3) is 0 Å². The van der Waals surface area contributed by atoms with Crippen LogP contribution in [-0.4, -0.2) is 5.29 Å². The largest absolute Gasteiger partial charge is 0.311 e. The third-order valence-electron chi connectivity index (χ3n) is 9.24. The molecule has 0 aliphatic carbocycles. The first-order chi connectivity index (χ1) is 23.5. The van der Waals surface area contributed by atoms with Crippen LogP contribution >= 0.6 is 6.89 Å². The number of anilines is 3. The summed E-state index contributed by atoms with van der Waals surface area (Å²) < 4.78 is 0. The highest BCUT2D eigenvalue weighted by molar-refractivity contribution is 7.93. The van der Waals surface area contributed by atoms with Crippen molar-refractivity contribution in [3.8, 4) is 6.07 Å². The summed E-state index contributed by atoms with van der Waals surface area (Å²) in [6, 6.07) is 48.9. The van der Waals surface area contributed by atoms with Gasteiger partial charge in [0.1, 0.15) is 0 Å². The van der Waals surface area contributed by atoms with Gasteiger partial charge in [-0.1, -0.05) is 139 Å². The molecule has 6 rings (SSSR count). The lowest BCUT2D eigenvalue weighted by Crippen LogP contribution is -2.23. The van der Waals surface area contributed by atoms with Crippen LogP contribution in [0.1, 0.15) is 58.2 Å². The molecule has 0 bridgehead atoms.